The molecule has 1 nitrogen and oxygen atoms in total. The summed E-state index contributed by atoms with van der Waals surface area (Å²) in [5.74, 6) is 9.64. The molecule has 0 saturated heterocycles. The third-order valence-corrected chi connectivity index (χ3v) is 1.14. The molecule has 3 heteroatoms. The van der Waals surface area contributed by atoms with Crippen LogP contribution in [0.5, 0.6) is 0 Å². The topological polar surface area (TPSA) is 23.1 Å². The molecule has 0 atom stereocenters. The number of hydrogen-bond acceptors (Lipinski definition) is 1. The fourth-order valence-corrected chi connectivity index (χ4v) is 0.568. The van der Waals surface area contributed by atoms with E-state index >= 15 is 0 Å². The standard InChI is InChI=1S/C6HClO.C5.Fe/c7-6(8)5-3-1-2-4-5;1-2-4-5-3-1;/h8H;;/q;-1;+2/p-1. The summed E-state index contributed by atoms with van der Waals surface area (Å²) in [6, 6.07) is 0. The van der Waals surface area contributed by atoms with Gasteiger partial charge in [-0.1, -0.05) is 11.6 Å². The molecule has 0 aliphatic heterocycles. The van der Waals surface area contributed by atoms with Gasteiger partial charge in [0.15, 0.2) is 0 Å². The van der Waals surface area contributed by atoms with Crippen molar-refractivity contribution in [2.24, 2.45) is 0 Å². The average Bonchev–Trinajstić information content (AvgIpc) is 2.82. The van der Waals surface area contributed by atoms with E-state index in [0.717, 1.165) is 0 Å². The smallest absolute Gasteiger partial charge is 0.863 e. The van der Waals surface area contributed by atoms with Crippen molar-refractivity contribution in [3.8, 4) is 23.7 Å². The maximum atomic E-state index is 10.2. The molecule has 0 saturated carbocycles. The van der Waals surface area contributed by atoms with E-state index in [2.05, 4.69) is 53.0 Å². The molecule has 0 fully saturated rings. The summed E-state index contributed by atoms with van der Waals surface area (Å²) in [5.41, 5.74) is 7.70. The van der Waals surface area contributed by atoms with Gasteiger partial charge >= 0.3 is 17.1 Å². The van der Waals surface area contributed by atoms with Gasteiger partial charge in [-0.25, -0.2) is 5.73 Å². The molecule has 2 aliphatic carbocycles. The van der Waals surface area contributed by atoms with Crippen molar-refractivity contribution >= 4 is 11.6 Å². The van der Waals surface area contributed by atoms with Crippen LogP contribution in [-0.2, 0) is 17.1 Å². The zero-order valence-electron chi connectivity index (χ0n) is 6.64. The molecule has 2 rings (SSSR count). The van der Waals surface area contributed by atoms with Gasteiger partial charge in [-0.05, 0) is 28.9 Å². The van der Waals surface area contributed by atoms with Crippen molar-refractivity contribution in [3.63, 3.8) is 0 Å². The Kier molecular flexibility index (Phi) is 6.28. The number of hydrogen-bond donors (Lipinski definition) is 0. The van der Waals surface area contributed by atoms with Gasteiger partial charge < -0.3 is 5.11 Å². The molecule has 1 radical (unpaired) electrons. The van der Waals surface area contributed by atoms with Crippen LogP contribution < -0.4 is 5.11 Å². The van der Waals surface area contributed by atoms with Gasteiger partial charge in [-0.2, -0.15) is 0 Å². The molecule has 0 N–H and O–H groups in total. The molecule has 0 aromatic rings. The van der Waals surface area contributed by atoms with E-state index in [4.69, 9.17) is 11.6 Å². The Morgan fingerprint density at radius 3 is 2.07 bits per heavy atom. The summed E-state index contributed by atoms with van der Waals surface area (Å²) < 4.78 is 0. The van der Waals surface area contributed by atoms with Crippen molar-refractivity contribution in [1.29, 1.82) is 0 Å². The summed E-state index contributed by atoms with van der Waals surface area (Å²) in [6.07, 6.45) is 5.00. The minimum atomic E-state index is -0.567. The molecule has 0 bridgehead atoms. The van der Waals surface area contributed by atoms with E-state index in [0.29, 0.717) is 0 Å². The Hall–Kier alpha value is -1.45. The van der Waals surface area contributed by atoms with Crippen LogP contribution in [0.3, 0.4) is 0 Å². The monoisotopic (exact) mass is 239 g/mol. The zero-order chi connectivity index (χ0) is 9.52. The third-order valence-electron chi connectivity index (χ3n) is 0.947. The van der Waals surface area contributed by atoms with E-state index in [1.54, 1.807) is 0 Å². The predicted molar refractivity (Wildman–Crippen MR) is 45.5 cm³/mol. The van der Waals surface area contributed by atoms with Crippen molar-refractivity contribution < 1.29 is 22.2 Å². The fraction of sp³-hybridized carbons (Fsp3) is 0. The van der Waals surface area contributed by atoms with Crippen molar-refractivity contribution in [3.05, 3.63) is 40.1 Å². The molecule has 0 spiro atoms. The van der Waals surface area contributed by atoms with E-state index < -0.39 is 5.22 Å². The van der Waals surface area contributed by atoms with Gasteiger partial charge in [0.2, 0.25) is 0 Å². The molecule has 0 unspecified atom stereocenters. The Morgan fingerprint density at radius 2 is 1.86 bits per heavy atom. The first kappa shape index (κ1) is 12.5. The number of allylic oxidation sites excluding steroid dienone is 3. The summed E-state index contributed by atoms with van der Waals surface area (Å²) >= 11 is 5.00. The van der Waals surface area contributed by atoms with Crippen LogP contribution in [-0.4, -0.2) is 0 Å². The third kappa shape index (κ3) is 4.54. The molecule has 14 heavy (non-hydrogen) atoms. The first-order valence-electron chi connectivity index (χ1n) is 3.14. The van der Waals surface area contributed by atoms with Crippen LogP contribution in [0, 0.1) is 35.8 Å². The van der Waals surface area contributed by atoms with Crippen LogP contribution in [0.2, 0.25) is 0 Å². The molecule has 0 heterocycles. The van der Waals surface area contributed by atoms with E-state index in [-0.39, 0.29) is 22.6 Å². The van der Waals surface area contributed by atoms with E-state index in [9.17, 15) is 5.11 Å². The summed E-state index contributed by atoms with van der Waals surface area (Å²) in [5, 5.41) is 9.60. The molecule has 0 amide bonds. The van der Waals surface area contributed by atoms with Crippen LogP contribution in [0.1, 0.15) is 0 Å². The number of halogens is 1. The van der Waals surface area contributed by atoms with Crippen LogP contribution >= 0.6 is 11.6 Å². The Labute approximate surface area is 97.6 Å². The maximum Gasteiger partial charge on any atom is 2.00 e. The zero-order valence-corrected chi connectivity index (χ0v) is 8.50. The first-order chi connectivity index (χ1) is 6.30. The Bertz CT molecular complexity index is 459. The SMILES string of the molecule is [C]1=C=C=C=[C-]1.[Fe+2].[O-]C(Cl)=C1C#CC#C1. The Morgan fingerprint density at radius 1 is 1.21 bits per heavy atom. The van der Waals surface area contributed by atoms with Crippen LogP contribution in [0.25, 0.3) is 0 Å². The summed E-state index contributed by atoms with van der Waals surface area (Å²) in [7, 11) is 0. The van der Waals surface area contributed by atoms with Gasteiger partial charge in [0.1, 0.15) is 0 Å². The molecular formula is C11ClFeO. The van der Waals surface area contributed by atoms with Gasteiger partial charge in [-0.15, -0.1) is 12.2 Å². The average molecular weight is 239 g/mol. The second-order valence-corrected chi connectivity index (χ2v) is 2.12. The molecule has 2 aliphatic rings. The van der Waals surface area contributed by atoms with Crippen molar-refractivity contribution in [2.75, 3.05) is 0 Å². The molecular weight excluding hydrogens is 239 g/mol. The number of rotatable bonds is 0. The molecule has 0 aromatic heterocycles. The minimum Gasteiger partial charge on any atom is -0.863 e. The minimum absolute atomic E-state index is 0. The van der Waals surface area contributed by atoms with Crippen LogP contribution in [0.4, 0.5) is 0 Å². The van der Waals surface area contributed by atoms with E-state index in [1.165, 1.54) is 0 Å². The Balaban J connectivity index is 0.000000246. The first-order valence-corrected chi connectivity index (χ1v) is 3.52. The molecule has 65 valence electrons. The summed E-state index contributed by atoms with van der Waals surface area (Å²) in [4.78, 5) is 0. The van der Waals surface area contributed by atoms with Crippen LogP contribution in [0.15, 0.2) is 28.0 Å². The fourth-order valence-electron chi connectivity index (χ4n) is 0.473. The van der Waals surface area contributed by atoms with Gasteiger partial charge in [0, 0.05) is 0 Å². The van der Waals surface area contributed by atoms with Gasteiger partial charge in [-0.3, -0.25) is 11.5 Å². The largest absolute Gasteiger partial charge is 2.00 e. The van der Waals surface area contributed by atoms with Crippen molar-refractivity contribution in [2.45, 2.75) is 0 Å². The maximum absolute atomic E-state index is 10.2. The quantitative estimate of drug-likeness (QED) is 0.198. The second-order valence-electron chi connectivity index (χ2n) is 1.77. The van der Waals surface area contributed by atoms with E-state index in [1.807, 2.05) is 0 Å². The normalized spacial score (nSPS) is 10.5. The van der Waals surface area contributed by atoms with Gasteiger partial charge in [0.05, 0.1) is 5.57 Å². The van der Waals surface area contributed by atoms with Crippen molar-refractivity contribution in [1.82, 2.24) is 0 Å². The predicted octanol–water partition coefficient (Wildman–Crippen LogP) is 0.443. The summed E-state index contributed by atoms with van der Waals surface area (Å²) in [6.45, 7) is 0. The van der Waals surface area contributed by atoms with Gasteiger partial charge in [0.25, 0.3) is 0 Å². The second kappa shape index (κ2) is 7.00. The molecule has 0 aromatic carbocycles.